The number of benzene rings is 1. The van der Waals surface area contributed by atoms with Gasteiger partial charge in [-0.2, -0.15) is 0 Å². The van der Waals surface area contributed by atoms with Gasteiger partial charge < -0.3 is 0 Å². The zero-order valence-corrected chi connectivity index (χ0v) is 9.84. The summed E-state index contributed by atoms with van der Waals surface area (Å²) in [6.07, 6.45) is 1.09. The Morgan fingerprint density at radius 2 is 1.76 bits per heavy atom. The van der Waals surface area contributed by atoms with Crippen LogP contribution in [0.4, 0.5) is 5.69 Å². The molecular weight excluding hydrogens is 242 g/mol. The number of anilines is 1. The van der Waals surface area contributed by atoms with Crippen LogP contribution < -0.4 is 10.3 Å². The number of sulfonamides is 1. The van der Waals surface area contributed by atoms with E-state index in [0.29, 0.717) is 11.4 Å². The van der Waals surface area contributed by atoms with Gasteiger partial charge in [0.25, 0.3) is 5.56 Å². The summed E-state index contributed by atoms with van der Waals surface area (Å²) >= 11 is 0. The topological polar surface area (TPSA) is 94.8 Å². The smallest absolute Gasteiger partial charge is 0.264 e. The van der Waals surface area contributed by atoms with Crippen LogP contribution in [0, 0.1) is 0 Å². The molecule has 0 atom stereocenters. The van der Waals surface area contributed by atoms with Crippen LogP contribution >= 0.6 is 0 Å². The Bertz CT molecular complexity index is 667. The van der Waals surface area contributed by atoms with E-state index in [4.69, 9.17) is 0 Å². The molecule has 0 aliphatic carbocycles. The number of rotatable bonds is 3. The highest BCUT2D eigenvalue weighted by Gasteiger charge is 2.03. The maximum absolute atomic E-state index is 11.0. The summed E-state index contributed by atoms with van der Waals surface area (Å²) in [4.78, 5) is 10.9. The highest BCUT2D eigenvalue weighted by molar-refractivity contribution is 7.92. The van der Waals surface area contributed by atoms with Gasteiger partial charge >= 0.3 is 0 Å². The number of aromatic nitrogens is 2. The first-order chi connectivity index (χ1) is 7.94. The van der Waals surface area contributed by atoms with Gasteiger partial charge in [0.05, 0.1) is 11.9 Å². The monoisotopic (exact) mass is 253 g/mol. The van der Waals surface area contributed by atoms with E-state index in [2.05, 4.69) is 14.9 Å². The van der Waals surface area contributed by atoms with Crippen LogP contribution in [0.5, 0.6) is 0 Å². The second-order valence-electron chi connectivity index (χ2n) is 3.62. The largest absolute Gasteiger partial charge is 0.298 e. The van der Waals surface area contributed by atoms with Gasteiger partial charge in [-0.15, -0.1) is 0 Å². The van der Waals surface area contributed by atoms with Crippen LogP contribution in [0.15, 0.2) is 35.1 Å². The third-order valence-corrected chi connectivity index (χ3v) is 2.70. The van der Waals surface area contributed by atoms with Crippen molar-refractivity contribution in [1.29, 1.82) is 0 Å². The number of hydrogen-bond acceptors (Lipinski definition) is 3. The van der Waals surface area contributed by atoms with E-state index in [1.807, 2.05) is 0 Å². The Hall–Kier alpha value is -2.02. The minimum atomic E-state index is -3.26. The van der Waals surface area contributed by atoms with Crippen molar-refractivity contribution in [3.8, 4) is 11.3 Å². The van der Waals surface area contributed by atoms with Crippen LogP contribution in [-0.2, 0) is 10.0 Å². The lowest BCUT2D eigenvalue weighted by Crippen LogP contribution is -2.09. The normalized spacial score (nSPS) is 11.4. The van der Waals surface area contributed by atoms with E-state index >= 15 is 0 Å². The molecule has 0 radical (unpaired) electrons. The average molecular weight is 253 g/mol. The summed E-state index contributed by atoms with van der Waals surface area (Å²) in [5.41, 5.74) is 1.72. The molecule has 0 saturated carbocycles. The van der Waals surface area contributed by atoms with Gasteiger partial charge in [0.1, 0.15) is 0 Å². The van der Waals surface area contributed by atoms with E-state index in [0.717, 1.165) is 11.8 Å². The molecule has 1 aromatic heterocycles. The number of H-pyrrole nitrogens is 2. The lowest BCUT2D eigenvalue weighted by Gasteiger charge is -2.04. The van der Waals surface area contributed by atoms with E-state index in [1.54, 1.807) is 24.3 Å². The van der Waals surface area contributed by atoms with E-state index < -0.39 is 10.0 Å². The molecule has 0 bridgehead atoms. The second kappa shape index (κ2) is 4.10. The van der Waals surface area contributed by atoms with E-state index in [1.165, 1.54) is 6.07 Å². The lowest BCUT2D eigenvalue weighted by molar-refractivity contribution is 0.607. The fourth-order valence-electron chi connectivity index (χ4n) is 1.42. The summed E-state index contributed by atoms with van der Waals surface area (Å²) in [5, 5.41) is 5.14. The molecule has 7 heteroatoms. The standard InChI is InChI=1S/C10H11N3O3S/c1-17(15,16)13-8-4-2-7(3-5-8)9-6-10(14)12-11-9/h2-6,13H,1H3,(H2,11,12,14). The molecular formula is C10H11N3O3S. The zero-order valence-electron chi connectivity index (χ0n) is 9.02. The molecule has 17 heavy (non-hydrogen) atoms. The molecule has 0 amide bonds. The van der Waals surface area contributed by atoms with Crippen LogP contribution in [0.3, 0.4) is 0 Å². The summed E-state index contributed by atoms with van der Waals surface area (Å²) in [7, 11) is -3.26. The highest BCUT2D eigenvalue weighted by atomic mass is 32.2. The predicted octanol–water partition coefficient (Wildman–Crippen LogP) is 0.741. The Morgan fingerprint density at radius 1 is 1.12 bits per heavy atom. The van der Waals surface area contributed by atoms with Gasteiger partial charge in [-0.05, 0) is 17.7 Å². The van der Waals surface area contributed by atoms with Crippen molar-refractivity contribution in [3.05, 3.63) is 40.7 Å². The average Bonchev–Trinajstić information content (AvgIpc) is 2.63. The first-order valence-corrected chi connectivity index (χ1v) is 6.69. The van der Waals surface area contributed by atoms with E-state index in [-0.39, 0.29) is 5.56 Å². The molecule has 1 aromatic carbocycles. The number of aromatic amines is 2. The maximum Gasteiger partial charge on any atom is 0.264 e. The van der Waals surface area contributed by atoms with Crippen LogP contribution in [0.2, 0.25) is 0 Å². The van der Waals surface area contributed by atoms with Crippen molar-refractivity contribution in [2.75, 3.05) is 11.0 Å². The highest BCUT2D eigenvalue weighted by Crippen LogP contribution is 2.18. The Balaban J connectivity index is 2.27. The Kier molecular flexibility index (Phi) is 2.76. The molecule has 1 heterocycles. The summed E-state index contributed by atoms with van der Waals surface area (Å²) < 4.78 is 24.3. The van der Waals surface area contributed by atoms with Gasteiger partial charge in [0.2, 0.25) is 10.0 Å². The molecule has 2 rings (SSSR count). The maximum atomic E-state index is 11.0. The molecule has 0 unspecified atom stereocenters. The van der Waals surface area contributed by atoms with Gasteiger partial charge in [-0.3, -0.25) is 19.7 Å². The van der Waals surface area contributed by atoms with Crippen molar-refractivity contribution in [1.82, 2.24) is 10.2 Å². The number of hydrogen-bond donors (Lipinski definition) is 3. The first-order valence-electron chi connectivity index (χ1n) is 4.80. The molecule has 2 aromatic rings. The summed E-state index contributed by atoms with van der Waals surface area (Å²) in [6.45, 7) is 0. The summed E-state index contributed by atoms with van der Waals surface area (Å²) in [5.74, 6) is 0. The van der Waals surface area contributed by atoms with Gasteiger partial charge in [0, 0.05) is 11.8 Å². The van der Waals surface area contributed by atoms with Crippen LogP contribution in [-0.4, -0.2) is 24.9 Å². The first kappa shape index (κ1) is 11.5. The third-order valence-electron chi connectivity index (χ3n) is 2.09. The second-order valence-corrected chi connectivity index (χ2v) is 5.37. The van der Waals surface area contributed by atoms with Crippen molar-refractivity contribution in [2.24, 2.45) is 0 Å². The minimum Gasteiger partial charge on any atom is -0.298 e. The van der Waals surface area contributed by atoms with Crippen LogP contribution in [0.1, 0.15) is 0 Å². The lowest BCUT2D eigenvalue weighted by atomic mass is 10.1. The molecule has 0 spiro atoms. The molecule has 0 saturated heterocycles. The van der Waals surface area contributed by atoms with Crippen LogP contribution in [0.25, 0.3) is 11.3 Å². The van der Waals surface area contributed by atoms with Crippen molar-refractivity contribution in [2.45, 2.75) is 0 Å². The van der Waals surface area contributed by atoms with Crippen molar-refractivity contribution in [3.63, 3.8) is 0 Å². The fraction of sp³-hybridized carbons (Fsp3) is 0.100. The molecule has 0 fully saturated rings. The molecule has 6 nitrogen and oxygen atoms in total. The quantitative estimate of drug-likeness (QED) is 0.753. The molecule has 0 aliphatic heterocycles. The zero-order chi connectivity index (χ0) is 12.5. The number of nitrogens with one attached hydrogen (secondary N) is 3. The van der Waals surface area contributed by atoms with Gasteiger partial charge in [0.15, 0.2) is 0 Å². The fourth-order valence-corrected chi connectivity index (χ4v) is 1.98. The van der Waals surface area contributed by atoms with Gasteiger partial charge in [-0.25, -0.2) is 8.42 Å². The van der Waals surface area contributed by atoms with Gasteiger partial charge in [-0.1, -0.05) is 12.1 Å². The minimum absolute atomic E-state index is 0.210. The summed E-state index contributed by atoms with van der Waals surface area (Å²) in [6, 6.07) is 8.11. The molecule has 90 valence electrons. The Morgan fingerprint density at radius 3 is 2.24 bits per heavy atom. The molecule has 3 N–H and O–H groups in total. The third kappa shape index (κ3) is 2.97. The SMILES string of the molecule is CS(=O)(=O)Nc1ccc(-c2cc(=O)[nH][nH]2)cc1. The molecule has 0 aliphatic rings. The Labute approximate surface area is 97.7 Å². The van der Waals surface area contributed by atoms with Crippen molar-refractivity contribution < 1.29 is 8.42 Å². The predicted molar refractivity (Wildman–Crippen MR) is 65.3 cm³/mol. The van der Waals surface area contributed by atoms with E-state index in [9.17, 15) is 13.2 Å². The van der Waals surface area contributed by atoms with Crippen molar-refractivity contribution >= 4 is 15.7 Å².